The molecule has 0 radical (unpaired) electrons. The van der Waals surface area contributed by atoms with Gasteiger partial charge in [0, 0.05) is 6.07 Å². The van der Waals surface area contributed by atoms with Crippen LogP contribution in [-0.2, 0) is 22.3 Å². The van der Waals surface area contributed by atoms with Gasteiger partial charge in [-0.2, -0.15) is 13.2 Å². The summed E-state index contributed by atoms with van der Waals surface area (Å²) in [5, 5.41) is 2.05. The molecule has 0 fully saturated rings. The molecule has 0 saturated heterocycles. The largest absolute Gasteiger partial charge is 0.486 e. The molecule has 5 rings (SSSR count). The molecule has 2 heterocycles. The zero-order valence-electron chi connectivity index (χ0n) is 20.6. The predicted octanol–water partition coefficient (Wildman–Crippen LogP) is 5.08. The molecule has 0 unspecified atom stereocenters. The minimum atomic E-state index is -5.02. The third kappa shape index (κ3) is 5.85. The molecule has 206 valence electrons. The van der Waals surface area contributed by atoms with E-state index in [1.165, 1.54) is 30.3 Å². The molecule has 9 nitrogen and oxygen atoms in total. The summed E-state index contributed by atoms with van der Waals surface area (Å²) >= 11 is 0. The minimum absolute atomic E-state index is 0.0127. The van der Waals surface area contributed by atoms with Gasteiger partial charge in [0.2, 0.25) is 11.2 Å². The van der Waals surface area contributed by atoms with Crippen molar-refractivity contribution >= 4 is 23.0 Å². The molecule has 4 aromatic rings. The van der Waals surface area contributed by atoms with Crippen LogP contribution in [0.25, 0.3) is 22.1 Å². The van der Waals surface area contributed by atoms with Gasteiger partial charge < -0.3 is 28.7 Å². The van der Waals surface area contributed by atoms with E-state index in [0.717, 1.165) is 11.6 Å². The number of carbonyl (C=O) groups excluding carboxylic acids is 2. The molecular weight excluding hydrogens is 535 g/mol. The number of ether oxygens (including phenoxy) is 4. The number of fused-ring (bicyclic) bond motifs is 2. The maximum absolute atomic E-state index is 14.0. The van der Waals surface area contributed by atoms with Crippen LogP contribution in [0.5, 0.6) is 17.2 Å². The van der Waals surface area contributed by atoms with Crippen LogP contribution in [0.15, 0.2) is 75.9 Å². The number of carbonyl (C=O) groups is 2. The Balaban J connectivity index is 1.34. The summed E-state index contributed by atoms with van der Waals surface area (Å²) in [6.07, 6.45) is -5.89. The summed E-state index contributed by atoms with van der Waals surface area (Å²) in [5.74, 6) is -2.09. The van der Waals surface area contributed by atoms with Gasteiger partial charge in [0.15, 0.2) is 11.5 Å². The monoisotopic (exact) mass is 555 g/mol. The quantitative estimate of drug-likeness (QED) is 0.259. The van der Waals surface area contributed by atoms with Gasteiger partial charge in [-0.1, -0.05) is 36.4 Å². The number of hydrogen-bond acceptors (Lipinski definition) is 8. The highest BCUT2D eigenvalue weighted by Gasteiger charge is 2.39. The van der Waals surface area contributed by atoms with Gasteiger partial charge in [0.1, 0.15) is 37.7 Å². The summed E-state index contributed by atoms with van der Waals surface area (Å²) in [6.45, 7) is -0.0892. The molecule has 1 aliphatic heterocycles. The van der Waals surface area contributed by atoms with Gasteiger partial charge in [-0.25, -0.2) is 9.59 Å². The topological polar surface area (TPSA) is 113 Å². The first-order valence-electron chi connectivity index (χ1n) is 11.9. The molecule has 0 spiro atoms. The molecule has 0 bridgehead atoms. The van der Waals surface area contributed by atoms with Crippen LogP contribution in [0.2, 0.25) is 0 Å². The molecule has 1 aromatic heterocycles. The SMILES string of the molecule is O=C(CNC(=O)OCc1ccccc1)Oc1ccc2c(=O)c(-c3ccc4c(c3)OCCO4)c(C(F)(F)F)oc2c1. The Morgan fingerprint density at radius 3 is 2.42 bits per heavy atom. The molecule has 40 heavy (non-hydrogen) atoms. The fraction of sp³-hybridized carbons (Fsp3) is 0.179. The standard InChI is InChI=1S/C28H20F3NO8/c29-28(30,31)26-24(17-6-9-20-22(12-17)37-11-10-36-20)25(34)19-8-7-18(13-21(19)40-26)39-23(33)14-32-27(35)38-15-16-4-2-1-3-5-16/h1-9,12-13H,10-11,14-15H2,(H,32,35). The highest BCUT2D eigenvalue weighted by Crippen LogP contribution is 2.40. The van der Waals surface area contributed by atoms with Crippen molar-refractivity contribution in [3.63, 3.8) is 0 Å². The van der Waals surface area contributed by atoms with Crippen LogP contribution in [0.3, 0.4) is 0 Å². The lowest BCUT2D eigenvalue weighted by Gasteiger charge is -2.19. The van der Waals surface area contributed by atoms with Crippen molar-refractivity contribution in [2.45, 2.75) is 12.8 Å². The molecule has 3 aromatic carbocycles. The van der Waals surface area contributed by atoms with Crippen molar-refractivity contribution in [3.05, 3.63) is 88.3 Å². The van der Waals surface area contributed by atoms with E-state index in [1.54, 1.807) is 30.3 Å². The molecule has 1 amide bonds. The number of amides is 1. The number of hydrogen-bond donors (Lipinski definition) is 1. The second-order valence-electron chi connectivity index (χ2n) is 8.54. The summed E-state index contributed by atoms with van der Waals surface area (Å²) in [6, 6.07) is 16.3. The zero-order valence-corrected chi connectivity index (χ0v) is 20.6. The summed E-state index contributed by atoms with van der Waals surface area (Å²) in [7, 11) is 0. The highest BCUT2D eigenvalue weighted by molar-refractivity contribution is 5.86. The molecule has 0 atom stereocenters. The molecule has 0 aliphatic carbocycles. The number of alkyl carbamates (subject to hydrolysis) is 1. The number of halogens is 3. The molecule has 12 heteroatoms. The third-order valence-electron chi connectivity index (χ3n) is 5.77. The zero-order chi connectivity index (χ0) is 28.3. The average molecular weight is 555 g/mol. The van der Waals surface area contributed by atoms with Gasteiger partial charge in [-0.3, -0.25) is 4.79 Å². The summed E-state index contributed by atoms with van der Waals surface area (Å²) in [4.78, 5) is 37.3. The van der Waals surface area contributed by atoms with E-state index < -0.39 is 47.1 Å². The number of esters is 1. The van der Waals surface area contributed by atoms with Crippen molar-refractivity contribution in [2.24, 2.45) is 0 Å². The third-order valence-corrected chi connectivity index (χ3v) is 5.77. The minimum Gasteiger partial charge on any atom is -0.486 e. The fourth-order valence-corrected chi connectivity index (χ4v) is 3.98. The number of alkyl halides is 3. The molecule has 1 aliphatic rings. The van der Waals surface area contributed by atoms with Crippen LogP contribution >= 0.6 is 0 Å². The molecule has 1 N–H and O–H groups in total. The van der Waals surface area contributed by atoms with Crippen LogP contribution in [-0.4, -0.2) is 31.8 Å². The lowest BCUT2D eigenvalue weighted by Crippen LogP contribution is -2.32. The Bertz CT molecular complexity index is 1630. The number of nitrogens with one attached hydrogen (secondary N) is 1. The molecule has 0 saturated carbocycles. The Morgan fingerprint density at radius 1 is 0.925 bits per heavy atom. The van der Waals surface area contributed by atoms with Crippen LogP contribution in [0, 0.1) is 0 Å². The van der Waals surface area contributed by atoms with Crippen molar-refractivity contribution < 1.29 is 46.1 Å². The van der Waals surface area contributed by atoms with E-state index in [0.29, 0.717) is 12.4 Å². The van der Waals surface area contributed by atoms with Gasteiger partial charge in [-0.05, 0) is 35.4 Å². The lowest BCUT2D eigenvalue weighted by molar-refractivity contribution is -0.152. The van der Waals surface area contributed by atoms with Gasteiger partial charge >= 0.3 is 18.2 Å². The second-order valence-corrected chi connectivity index (χ2v) is 8.54. The Kier molecular flexibility index (Phi) is 7.32. The second kappa shape index (κ2) is 11.0. The van der Waals surface area contributed by atoms with E-state index in [1.807, 2.05) is 0 Å². The fourth-order valence-electron chi connectivity index (χ4n) is 3.98. The average Bonchev–Trinajstić information content (AvgIpc) is 2.94. The van der Waals surface area contributed by atoms with E-state index in [4.69, 9.17) is 23.4 Å². The van der Waals surface area contributed by atoms with Crippen molar-refractivity contribution in [1.82, 2.24) is 5.32 Å². The Labute approximate surface area is 224 Å². The summed E-state index contributed by atoms with van der Waals surface area (Å²) in [5.41, 5.74) is -1.40. The number of benzene rings is 3. The maximum atomic E-state index is 14.0. The van der Waals surface area contributed by atoms with Crippen LogP contribution in [0.4, 0.5) is 18.0 Å². The first kappa shape index (κ1) is 26.6. The first-order chi connectivity index (χ1) is 19.2. The predicted molar refractivity (Wildman–Crippen MR) is 134 cm³/mol. The first-order valence-corrected chi connectivity index (χ1v) is 11.9. The van der Waals surface area contributed by atoms with Crippen LogP contribution < -0.4 is 25.0 Å². The highest BCUT2D eigenvalue weighted by atomic mass is 19.4. The van der Waals surface area contributed by atoms with Crippen molar-refractivity contribution in [3.8, 4) is 28.4 Å². The smallest absolute Gasteiger partial charge is 0.450 e. The van der Waals surface area contributed by atoms with Gasteiger partial charge in [0.25, 0.3) is 0 Å². The van der Waals surface area contributed by atoms with E-state index in [9.17, 15) is 27.6 Å². The Hall–Kier alpha value is -5.00. The van der Waals surface area contributed by atoms with E-state index in [-0.39, 0.29) is 35.7 Å². The van der Waals surface area contributed by atoms with E-state index >= 15 is 0 Å². The summed E-state index contributed by atoms with van der Waals surface area (Å²) < 4.78 is 68.1. The van der Waals surface area contributed by atoms with E-state index in [2.05, 4.69) is 5.32 Å². The molecular formula is C28H20F3NO8. The van der Waals surface area contributed by atoms with Crippen molar-refractivity contribution in [2.75, 3.05) is 19.8 Å². The van der Waals surface area contributed by atoms with Gasteiger partial charge in [0.05, 0.1) is 10.9 Å². The van der Waals surface area contributed by atoms with Crippen molar-refractivity contribution in [1.29, 1.82) is 0 Å². The normalized spacial score (nSPS) is 12.6. The van der Waals surface area contributed by atoms with Gasteiger partial charge in [-0.15, -0.1) is 0 Å². The Morgan fingerprint density at radius 2 is 1.68 bits per heavy atom. The number of rotatable bonds is 6. The maximum Gasteiger partial charge on any atom is 0.450 e. The lowest BCUT2D eigenvalue weighted by atomic mass is 10.0. The van der Waals surface area contributed by atoms with Crippen LogP contribution in [0.1, 0.15) is 11.3 Å².